The van der Waals surface area contributed by atoms with Crippen LogP contribution in [0.4, 0.5) is 0 Å². The highest BCUT2D eigenvalue weighted by Crippen LogP contribution is 2.23. The van der Waals surface area contributed by atoms with Crippen LogP contribution in [-0.2, 0) is 4.79 Å². The Hall–Kier alpha value is -1.81. The van der Waals surface area contributed by atoms with Crippen molar-refractivity contribution in [3.05, 3.63) is 41.6 Å². The van der Waals surface area contributed by atoms with Crippen molar-refractivity contribution in [1.29, 1.82) is 0 Å². The molecule has 0 spiro atoms. The van der Waals surface area contributed by atoms with Gasteiger partial charge < -0.3 is 10.2 Å². The third-order valence-corrected chi connectivity index (χ3v) is 2.96. The molecule has 1 aromatic carbocycles. The van der Waals surface area contributed by atoms with Crippen LogP contribution >= 0.6 is 0 Å². The maximum atomic E-state index is 11.0. The van der Waals surface area contributed by atoms with E-state index in [1.165, 1.54) is 5.56 Å². The Bertz CT molecular complexity index is 453. The minimum absolute atomic E-state index is 0.240. The van der Waals surface area contributed by atoms with E-state index in [0.717, 1.165) is 24.4 Å². The average molecular weight is 245 g/mol. The third-order valence-electron chi connectivity index (χ3n) is 2.96. The van der Waals surface area contributed by atoms with Gasteiger partial charge in [0.15, 0.2) is 0 Å². The predicted octanol–water partition coefficient (Wildman–Crippen LogP) is 2.07. The van der Waals surface area contributed by atoms with E-state index in [-0.39, 0.29) is 5.78 Å². The molecule has 96 valence electrons. The Morgan fingerprint density at radius 2 is 2.00 bits per heavy atom. The van der Waals surface area contributed by atoms with E-state index < -0.39 is 0 Å². The van der Waals surface area contributed by atoms with Crippen molar-refractivity contribution in [2.45, 2.75) is 26.7 Å². The van der Waals surface area contributed by atoms with Crippen LogP contribution in [0.3, 0.4) is 0 Å². The summed E-state index contributed by atoms with van der Waals surface area (Å²) in [6, 6.07) is 10.2. The lowest BCUT2D eigenvalue weighted by atomic mass is 10.1. The van der Waals surface area contributed by atoms with Gasteiger partial charge in [-0.1, -0.05) is 30.3 Å². The van der Waals surface area contributed by atoms with Gasteiger partial charge in [-0.2, -0.15) is 0 Å². The first-order valence-corrected chi connectivity index (χ1v) is 6.23. The highest BCUT2D eigenvalue weighted by atomic mass is 16.1. The van der Waals surface area contributed by atoms with Crippen LogP contribution in [0.5, 0.6) is 0 Å². The summed E-state index contributed by atoms with van der Waals surface area (Å²) in [5, 5.41) is 2.06. The van der Waals surface area contributed by atoms with Crippen LogP contribution in [0.25, 0.3) is 5.70 Å². The first-order chi connectivity index (χ1) is 8.68. The van der Waals surface area contributed by atoms with Gasteiger partial charge in [0.1, 0.15) is 5.78 Å². The van der Waals surface area contributed by atoms with E-state index in [1.54, 1.807) is 6.92 Å². The number of hydrogen-bond donors (Lipinski definition) is 2. The number of Topliss-reactive ketones (excluding diaryl/α,β-unsaturated/α-hetero) is 1. The minimum Gasteiger partial charge on any atom is -0.306 e. The molecule has 0 unspecified atom stereocenters. The lowest BCUT2D eigenvalue weighted by Gasteiger charge is -2.21. The van der Waals surface area contributed by atoms with E-state index in [9.17, 15) is 4.79 Å². The molecule has 0 aromatic heterocycles. The molecule has 0 atom stereocenters. The van der Waals surface area contributed by atoms with Crippen molar-refractivity contribution in [3.63, 3.8) is 0 Å². The molecule has 0 fully saturated rings. The van der Waals surface area contributed by atoms with Crippen molar-refractivity contribution in [2.75, 3.05) is 6.54 Å². The lowest BCUT2D eigenvalue weighted by molar-refractivity contribution is -0.117. The zero-order valence-electron chi connectivity index (χ0n) is 10.9. The molecule has 2 N–H and O–H groups in total. The molecule has 0 amide bonds. The smallest absolute Gasteiger partial charge is 0.129 e. The third kappa shape index (κ3) is 2.90. The van der Waals surface area contributed by atoms with Gasteiger partial charge in [-0.15, -0.1) is 5.53 Å². The molecule has 0 aliphatic carbocycles. The van der Waals surface area contributed by atoms with E-state index in [2.05, 4.69) is 28.1 Å². The molecule has 4 nitrogen and oxygen atoms in total. The molecule has 4 heteroatoms. The van der Waals surface area contributed by atoms with Gasteiger partial charge in [-0.3, -0.25) is 5.01 Å². The van der Waals surface area contributed by atoms with Crippen LogP contribution in [0.15, 0.2) is 36.0 Å². The maximum Gasteiger partial charge on any atom is 0.129 e. The molecule has 0 bridgehead atoms. The summed E-state index contributed by atoms with van der Waals surface area (Å²) in [5.74, 6) is 0.240. The normalized spacial score (nSPS) is 14.9. The fourth-order valence-electron chi connectivity index (χ4n) is 2.09. The summed E-state index contributed by atoms with van der Waals surface area (Å²) in [6.07, 6.45) is 1.48. The van der Waals surface area contributed by atoms with E-state index in [0.29, 0.717) is 6.42 Å². The Morgan fingerprint density at radius 1 is 1.28 bits per heavy atom. The molecule has 18 heavy (non-hydrogen) atoms. The van der Waals surface area contributed by atoms with Crippen LogP contribution in [0, 0.1) is 0 Å². The van der Waals surface area contributed by atoms with Gasteiger partial charge in [-0.25, -0.2) is 0 Å². The van der Waals surface area contributed by atoms with Crippen molar-refractivity contribution < 1.29 is 4.79 Å². The standard InChI is InChI=1S/C14H19N3O/c1-11(18)7-6-10-17-14(12(2)15-16-17)13-8-4-3-5-9-13/h3-5,8-9,15-16H,6-7,10H2,1-2H3. The van der Waals surface area contributed by atoms with Crippen molar-refractivity contribution >= 4 is 11.5 Å². The van der Waals surface area contributed by atoms with Crippen LogP contribution < -0.4 is 11.0 Å². The lowest BCUT2D eigenvalue weighted by Crippen LogP contribution is -2.38. The topological polar surface area (TPSA) is 44.4 Å². The summed E-state index contributed by atoms with van der Waals surface area (Å²) < 4.78 is 0. The monoisotopic (exact) mass is 245 g/mol. The van der Waals surface area contributed by atoms with Crippen LogP contribution in [0.1, 0.15) is 32.3 Å². The predicted molar refractivity (Wildman–Crippen MR) is 71.9 cm³/mol. The minimum atomic E-state index is 0.240. The number of hydrazine groups is 2. The number of ketones is 1. The molecule has 2 rings (SSSR count). The van der Waals surface area contributed by atoms with Gasteiger partial charge in [0, 0.05) is 18.5 Å². The number of carbonyl (C=O) groups is 1. The van der Waals surface area contributed by atoms with Crippen molar-refractivity contribution in [1.82, 2.24) is 16.0 Å². The number of rotatable bonds is 5. The van der Waals surface area contributed by atoms with Gasteiger partial charge in [-0.05, 0) is 20.3 Å². The molecular formula is C14H19N3O. The number of hydrogen-bond acceptors (Lipinski definition) is 4. The molecule has 0 saturated heterocycles. The summed E-state index contributed by atoms with van der Waals surface area (Å²) in [4.78, 5) is 11.0. The van der Waals surface area contributed by atoms with Crippen molar-refractivity contribution in [2.24, 2.45) is 0 Å². The maximum absolute atomic E-state index is 11.0. The zero-order chi connectivity index (χ0) is 13.0. The summed E-state index contributed by atoms with van der Waals surface area (Å²) in [7, 11) is 0. The second-order valence-corrected chi connectivity index (χ2v) is 4.53. The molecule has 1 aliphatic heterocycles. The van der Waals surface area contributed by atoms with E-state index in [1.807, 2.05) is 25.1 Å². The number of benzene rings is 1. The highest BCUT2D eigenvalue weighted by Gasteiger charge is 2.20. The first-order valence-electron chi connectivity index (χ1n) is 6.23. The average Bonchev–Trinajstić information content (AvgIpc) is 2.71. The van der Waals surface area contributed by atoms with Gasteiger partial charge in [0.2, 0.25) is 0 Å². The van der Waals surface area contributed by atoms with Crippen LogP contribution in [-0.4, -0.2) is 17.3 Å². The summed E-state index contributed by atoms with van der Waals surface area (Å²) in [5.41, 5.74) is 9.68. The number of allylic oxidation sites excluding steroid dienone is 1. The van der Waals surface area contributed by atoms with Gasteiger partial charge in [0.25, 0.3) is 0 Å². The number of nitrogens with zero attached hydrogens (tertiary/aromatic N) is 1. The molecule has 1 aromatic rings. The van der Waals surface area contributed by atoms with E-state index >= 15 is 0 Å². The zero-order valence-corrected chi connectivity index (χ0v) is 10.9. The Morgan fingerprint density at radius 3 is 2.67 bits per heavy atom. The molecule has 0 radical (unpaired) electrons. The fraction of sp³-hybridized carbons (Fsp3) is 0.357. The fourth-order valence-corrected chi connectivity index (χ4v) is 2.09. The second kappa shape index (κ2) is 5.69. The summed E-state index contributed by atoms with van der Waals surface area (Å²) >= 11 is 0. The van der Waals surface area contributed by atoms with E-state index in [4.69, 9.17) is 0 Å². The number of carbonyl (C=O) groups excluding carboxylic acids is 1. The van der Waals surface area contributed by atoms with Gasteiger partial charge in [0.05, 0.1) is 11.4 Å². The Balaban J connectivity index is 2.06. The summed E-state index contributed by atoms with van der Waals surface area (Å²) in [6.45, 7) is 4.49. The Labute approximate surface area is 108 Å². The number of nitrogens with one attached hydrogen (secondary N) is 2. The molecule has 1 aliphatic rings. The molecule has 0 saturated carbocycles. The van der Waals surface area contributed by atoms with Crippen LogP contribution in [0.2, 0.25) is 0 Å². The SMILES string of the molecule is CC(=O)CCCN1NNC(C)=C1c1ccccc1. The van der Waals surface area contributed by atoms with Gasteiger partial charge >= 0.3 is 0 Å². The van der Waals surface area contributed by atoms with Crippen molar-refractivity contribution in [3.8, 4) is 0 Å². The quantitative estimate of drug-likeness (QED) is 0.833. The molecule has 1 heterocycles. The molecular weight excluding hydrogens is 226 g/mol. The largest absolute Gasteiger partial charge is 0.306 e. The Kier molecular flexibility index (Phi) is 3.99. The second-order valence-electron chi connectivity index (χ2n) is 4.53. The highest BCUT2D eigenvalue weighted by molar-refractivity contribution is 5.75. The first kappa shape index (κ1) is 12.6.